The Labute approximate surface area is 211 Å². The van der Waals surface area contributed by atoms with Gasteiger partial charge in [0.25, 0.3) is 8.32 Å². The van der Waals surface area contributed by atoms with E-state index in [-0.39, 0.29) is 24.2 Å². The van der Waals surface area contributed by atoms with Gasteiger partial charge in [0.05, 0.1) is 6.61 Å². The number of alkyl carbamates (subject to hydrolysis) is 1. The van der Waals surface area contributed by atoms with Crippen molar-refractivity contribution in [3.8, 4) is 0 Å². The van der Waals surface area contributed by atoms with Crippen LogP contribution in [0, 0.1) is 5.92 Å². The summed E-state index contributed by atoms with van der Waals surface area (Å²) in [5, 5.41) is 4.80. The van der Waals surface area contributed by atoms with Crippen LogP contribution in [0.2, 0.25) is 5.04 Å². The van der Waals surface area contributed by atoms with Gasteiger partial charge in [-0.25, -0.2) is 9.59 Å². The summed E-state index contributed by atoms with van der Waals surface area (Å²) < 4.78 is 17.6. The average Bonchev–Trinajstić information content (AvgIpc) is 2.76. The van der Waals surface area contributed by atoms with Crippen LogP contribution in [0.4, 0.5) is 4.79 Å². The number of carbonyl (C=O) groups is 2. The van der Waals surface area contributed by atoms with Gasteiger partial charge in [0.2, 0.25) is 0 Å². The molecule has 1 N–H and O–H groups in total. The molecule has 1 amide bonds. The molecule has 0 aliphatic carbocycles. The van der Waals surface area contributed by atoms with Crippen molar-refractivity contribution < 1.29 is 23.5 Å². The summed E-state index contributed by atoms with van der Waals surface area (Å²) in [4.78, 5) is 25.0. The van der Waals surface area contributed by atoms with E-state index < -0.39 is 32.0 Å². The van der Waals surface area contributed by atoms with E-state index in [0.717, 1.165) is 10.4 Å². The highest BCUT2D eigenvalue weighted by atomic mass is 28.4. The summed E-state index contributed by atoms with van der Waals surface area (Å²) in [5.74, 6) is -0.662. The van der Waals surface area contributed by atoms with Crippen molar-refractivity contribution in [2.75, 3.05) is 13.2 Å². The second-order valence-electron chi connectivity index (χ2n) is 11.0. The zero-order chi connectivity index (χ0) is 26.3. The number of esters is 1. The van der Waals surface area contributed by atoms with E-state index in [0.29, 0.717) is 0 Å². The Morgan fingerprint density at radius 1 is 0.829 bits per heavy atom. The first-order chi connectivity index (χ1) is 16.3. The first kappa shape index (κ1) is 28.6. The maximum absolute atomic E-state index is 12.8. The summed E-state index contributed by atoms with van der Waals surface area (Å²) in [6.07, 6.45) is -0.642. The number of carbonyl (C=O) groups excluding carboxylic acids is 2. The lowest BCUT2D eigenvalue weighted by Gasteiger charge is -2.43. The number of hydrogen-bond donors (Lipinski definition) is 1. The lowest BCUT2D eigenvalue weighted by Crippen LogP contribution is -2.66. The van der Waals surface area contributed by atoms with Gasteiger partial charge in [-0.2, -0.15) is 0 Å². The van der Waals surface area contributed by atoms with Crippen LogP contribution >= 0.6 is 0 Å². The third-order valence-corrected chi connectivity index (χ3v) is 10.7. The lowest BCUT2D eigenvalue weighted by molar-refractivity contribution is -0.148. The molecule has 0 bridgehead atoms. The van der Waals surface area contributed by atoms with E-state index in [1.54, 1.807) is 20.8 Å². The second-order valence-corrected chi connectivity index (χ2v) is 15.4. The first-order valence-corrected chi connectivity index (χ1v) is 14.1. The van der Waals surface area contributed by atoms with E-state index in [2.05, 4.69) is 50.4 Å². The molecule has 0 fully saturated rings. The van der Waals surface area contributed by atoms with Gasteiger partial charge in [0.1, 0.15) is 18.2 Å². The van der Waals surface area contributed by atoms with Gasteiger partial charge >= 0.3 is 12.1 Å². The van der Waals surface area contributed by atoms with Crippen LogP contribution in [0.5, 0.6) is 0 Å². The van der Waals surface area contributed by atoms with Crippen LogP contribution in [-0.2, 0) is 18.7 Å². The minimum Gasteiger partial charge on any atom is -0.462 e. The van der Waals surface area contributed by atoms with Gasteiger partial charge < -0.3 is 19.2 Å². The highest BCUT2D eigenvalue weighted by Gasteiger charge is 2.50. The maximum Gasteiger partial charge on any atom is 0.408 e. The van der Waals surface area contributed by atoms with E-state index in [9.17, 15) is 9.59 Å². The third-order valence-electron chi connectivity index (χ3n) is 5.66. The fourth-order valence-corrected chi connectivity index (χ4v) is 8.67. The number of hydrogen-bond acceptors (Lipinski definition) is 5. The molecule has 2 rings (SSSR count). The molecule has 0 saturated carbocycles. The summed E-state index contributed by atoms with van der Waals surface area (Å²) in [5.41, 5.74) is -0.654. The Balaban J connectivity index is 2.16. The number of ether oxygens (including phenoxy) is 2. The van der Waals surface area contributed by atoms with Crippen molar-refractivity contribution >= 4 is 30.8 Å². The number of benzene rings is 2. The van der Waals surface area contributed by atoms with Crippen LogP contribution in [0.25, 0.3) is 0 Å². The summed E-state index contributed by atoms with van der Waals surface area (Å²) >= 11 is 0. The van der Waals surface area contributed by atoms with Gasteiger partial charge in [0, 0.05) is 0 Å². The van der Waals surface area contributed by atoms with Crippen molar-refractivity contribution in [1.82, 2.24) is 5.32 Å². The lowest BCUT2D eigenvalue weighted by atomic mass is 10.1. The Morgan fingerprint density at radius 3 is 1.71 bits per heavy atom. The molecule has 0 radical (unpaired) electrons. The van der Waals surface area contributed by atoms with Crippen molar-refractivity contribution in [2.24, 2.45) is 5.92 Å². The molecule has 2 aromatic carbocycles. The highest BCUT2D eigenvalue weighted by molar-refractivity contribution is 6.99. The molecule has 0 saturated heterocycles. The normalized spacial score (nSPS) is 13.3. The van der Waals surface area contributed by atoms with Crippen molar-refractivity contribution in [3.63, 3.8) is 0 Å². The molecule has 0 aliphatic rings. The first-order valence-electron chi connectivity index (χ1n) is 12.2. The summed E-state index contributed by atoms with van der Waals surface area (Å²) in [6, 6.07) is 19.8. The molecule has 2 aromatic rings. The third kappa shape index (κ3) is 7.67. The smallest absolute Gasteiger partial charge is 0.408 e. The molecule has 1 atom stereocenters. The average molecular weight is 500 g/mol. The van der Waals surface area contributed by atoms with Crippen LogP contribution in [0.3, 0.4) is 0 Å². The van der Waals surface area contributed by atoms with Crippen LogP contribution in [-0.4, -0.2) is 45.2 Å². The molecule has 0 aliphatic heterocycles. The van der Waals surface area contributed by atoms with Crippen molar-refractivity contribution in [3.05, 3.63) is 60.7 Å². The maximum atomic E-state index is 12.8. The van der Waals surface area contributed by atoms with Crippen LogP contribution < -0.4 is 15.7 Å². The molecule has 0 aromatic heterocycles. The molecular formula is C28H41NO5Si. The monoisotopic (exact) mass is 499 g/mol. The molecule has 192 valence electrons. The van der Waals surface area contributed by atoms with E-state index in [1.807, 2.05) is 50.2 Å². The SMILES string of the molecule is CC(C)C(NC(=O)OC(C)(C)C)C(=O)OCCO[Si](c1ccccc1)(c1ccccc1)C(C)(C)C. The molecule has 35 heavy (non-hydrogen) atoms. The molecule has 0 spiro atoms. The zero-order valence-corrected chi connectivity index (χ0v) is 23.4. The quantitative estimate of drug-likeness (QED) is 0.309. The molecule has 7 heteroatoms. The summed E-state index contributed by atoms with van der Waals surface area (Å²) in [7, 11) is -2.70. The second kappa shape index (κ2) is 11.9. The van der Waals surface area contributed by atoms with Gasteiger partial charge in [0.15, 0.2) is 0 Å². The van der Waals surface area contributed by atoms with Gasteiger partial charge in [-0.1, -0.05) is 95.3 Å². The van der Waals surface area contributed by atoms with Gasteiger partial charge in [-0.15, -0.1) is 0 Å². The molecule has 0 heterocycles. The molecule has 6 nitrogen and oxygen atoms in total. The number of amides is 1. The fraction of sp³-hybridized carbons (Fsp3) is 0.500. The van der Waals surface area contributed by atoms with Crippen molar-refractivity contribution in [2.45, 2.75) is 72.1 Å². The Bertz CT molecular complexity index is 909. The highest BCUT2D eigenvalue weighted by Crippen LogP contribution is 2.36. The predicted octanol–water partition coefficient (Wildman–Crippen LogP) is 4.66. The van der Waals surface area contributed by atoms with Crippen molar-refractivity contribution in [1.29, 1.82) is 0 Å². The van der Waals surface area contributed by atoms with E-state index in [1.165, 1.54) is 0 Å². The largest absolute Gasteiger partial charge is 0.462 e. The van der Waals surface area contributed by atoms with Crippen LogP contribution in [0.1, 0.15) is 55.4 Å². The number of rotatable bonds is 9. The Hall–Kier alpha value is -2.64. The summed E-state index contributed by atoms with van der Waals surface area (Å²) in [6.45, 7) is 16.0. The molecular weight excluding hydrogens is 458 g/mol. The zero-order valence-electron chi connectivity index (χ0n) is 22.4. The van der Waals surface area contributed by atoms with Gasteiger partial charge in [-0.05, 0) is 42.1 Å². The minimum absolute atomic E-state index is 0.0859. The predicted molar refractivity (Wildman–Crippen MR) is 143 cm³/mol. The van der Waals surface area contributed by atoms with Gasteiger partial charge in [-0.3, -0.25) is 0 Å². The molecule has 1 unspecified atom stereocenters. The van der Waals surface area contributed by atoms with Crippen LogP contribution in [0.15, 0.2) is 60.7 Å². The Kier molecular flexibility index (Phi) is 9.69. The fourth-order valence-electron chi connectivity index (χ4n) is 4.12. The van der Waals surface area contributed by atoms with E-state index in [4.69, 9.17) is 13.9 Å². The number of nitrogens with one attached hydrogen (secondary N) is 1. The topological polar surface area (TPSA) is 73.9 Å². The minimum atomic E-state index is -2.70. The standard InChI is InChI=1S/C28H41NO5Si/c1-21(2)24(29-26(31)34-27(3,4)5)25(30)32-19-20-33-35(28(6,7)8,22-15-11-9-12-16-22)23-17-13-10-14-18-23/h9-18,21,24H,19-20H2,1-8H3,(H,29,31). The Morgan fingerprint density at radius 2 is 1.31 bits per heavy atom. The van der Waals surface area contributed by atoms with E-state index >= 15 is 0 Å².